The zero-order chi connectivity index (χ0) is 12.7. The number of hydrogen-bond donors (Lipinski definition) is 2. The molecular weight excluding hydrogens is 240 g/mol. The van der Waals surface area contributed by atoms with Crippen molar-refractivity contribution in [3.8, 4) is 0 Å². The van der Waals surface area contributed by atoms with Gasteiger partial charge in [-0.3, -0.25) is 4.79 Å². The lowest BCUT2D eigenvalue weighted by atomic mass is 9.80. The minimum atomic E-state index is -0.722. The van der Waals surface area contributed by atoms with Crippen molar-refractivity contribution >= 4 is 17.7 Å². The molecule has 5 heteroatoms. The molecule has 0 bridgehead atoms. The summed E-state index contributed by atoms with van der Waals surface area (Å²) in [5.41, 5.74) is -0.649. The van der Waals surface area contributed by atoms with Crippen LogP contribution in [0.3, 0.4) is 0 Å². The van der Waals surface area contributed by atoms with Crippen LogP contribution in [-0.2, 0) is 9.53 Å². The molecule has 0 spiro atoms. The maximum Gasteiger partial charge on any atom is 0.306 e. The number of hydrogen-bond acceptors (Lipinski definition) is 4. The summed E-state index contributed by atoms with van der Waals surface area (Å²) in [6.07, 6.45) is 3.42. The molecular formula is C12H22O4S. The van der Waals surface area contributed by atoms with Gasteiger partial charge in [-0.2, -0.15) is 11.8 Å². The molecule has 1 saturated carbocycles. The molecule has 2 N–H and O–H groups in total. The molecule has 0 aromatic heterocycles. The van der Waals surface area contributed by atoms with Gasteiger partial charge in [-0.1, -0.05) is 0 Å². The van der Waals surface area contributed by atoms with Crippen molar-refractivity contribution in [1.29, 1.82) is 0 Å². The van der Waals surface area contributed by atoms with Crippen molar-refractivity contribution in [1.82, 2.24) is 0 Å². The number of carboxylic acids is 1. The van der Waals surface area contributed by atoms with Crippen LogP contribution in [0.2, 0.25) is 0 Å². The molecule has 0 radical (unpaired) electrons. The van der Waals surface area contributed by atoms with E-state index in [4.69, 9.17) is 9.84 Å². The molecule has 1 fully saturated rings. The van der Waals surface area contributed by atoms with E-state index in [0.29, 0.717) is 31.4 Å². The summed E-state index contributed by atoms with van der Waals surface area (Å²) >= 11 is 1.73. The molecule has 0 atom stereocenters. The van der Waals surface area contributed by atoms with E-state index in [2.05, 4.69) is 0 Å². The Hall–Kier alpha value is -0.260. The molecule has 0 saturated heterocycles. The van der Waals surface area contributed by atoms with Gasteiger partial charge in [-0.25, -0.2) is 0 Å². The third-order valence-corrected chi connectivity index (χ3v) is 4.59. The van der Waals surface area contributed by atoms with Crippen molar-refractivity contribution in [2.24, 2.45) is 5.92 Å². The second kappa shape index (κ2) is 7.24. The average Bonchev–Trinajstić information content (AvgIpc) is 2.29. The van der Waals surface area contributed by atoms with E-state index >= 15 is 0 Å². The lowest BCUT2D eigenvalue weighted by molar-refractivity contribution is -0.144. The van der Waals surface area contributed by atoms with Gasteiger partial charge < -0.3 is 14.9 Å². The number of rotatable bonds is 7. The summed E-state index contributed by atoms with van der Waals surface area (Å²) in [6, 6.07) is 0. The van der Waals surface area contributed by atoms with Crippen molar-refractivity contribution in [3.63, 3.8) is 0 Å². The monoisotopic (exact) mass is 262 g/mol. The first kappa shape index (κ1) is 14.8. The number of methoxy groups -OCH3 is 1. The fourth-order valence-corrected chi connectivity index (χ4v) is 3.25. The van der Waals surface area contributed by atoms with Gasteiger partial charge in [-0.15, -0.1) is 0 Å². The summed E-state index contributed by atoms with van der Waals surface area (Å²) in [4.78, 5) is 10.8. The Bertz CT molecular complexity index is 237. The van der Waals surface area contributed by atoms with Crippen molar-refractivity contribution in [3.05, 3.63) is 0 Å². The minimum Gasteiger partial charge on any atom is -0.481 e. The third-order valence-electron chi connectivity index (χ3n) is 3.27. The van der Waals surface area contributed by atoms with Gasteiger partial charge >= 0.3 is 5.97 Å². The molecule has 100 valence electrons. The Morgan fingerprint density at radius 2 is 2.12 bits per heavy atom. The number of ether oxygens (including phenoxy) is 1. The van der Waals surface area contributed by atoms with Crippen LogP contribution in [-0.4, -0.2) is 47.0 Å². The number of carboxylic acid groups (broad SMARTS) is 1. The molecule has 1 aliphatic rings. The fraction of sp³-hybridized carbons (Fsp3) is 0.917. The second-order valence-corrected chi connectivity index (χ2v) is 5.84. The van der Waals surface area contributed by atoms with E-state index < -0.39 is 11.6 Å². The highest BCUT2D eigenvalue weighted by molar-refractivity contribution is 7.99. The van der Waals surface area contributed by atoms with Gasteiger partial charge in [0.05, 0.1) is 11.5 Å². The van der Waals surface area contributed by atoms with Crippen molar-refractivity contribution in [2.45, 2.75) is 37.7 Å². The predicted molar refractivity (Wildman–Crippen MR) is 68.4 cm³/mol. The molecule has 0 aromatic carbocycles. The van der Waals surface area contributed by atoms with E-state index in [0.717, 1.165) is 18.8 Å². The lowest BCUT2D eigenvalue weighted by Gasteiger charge is -2.34. The van der Waals surface area contributed by atoms with E-state index in [1.807, 2.05) is 0 Å². The molecule has 1 aliphatic carbocycles. The van der Waals surface area contributed by atoms with Gasteiger partial charge in [0.15, 0.2) is 0 Å². The van der Waals surface area contributed by atoms with Gasteiger partial charge in [-0.05, 0) is 37.9 Å². The predicted octanol–water partition coefficient (Wildman–Crippen LogP) is 1.76. The van der Waals surface area contributed by atoms with Crippen LogP contribution >= 0.6 is 11.8 Å². The Balaban J connectivity index is 2.18. The SMILES string of the molecule is COCCCSCC1(O)CCC(C(=O)O)CC1. The van der Waals surface area contributed by atoms with Crippen LogP contribution < -0.4 is 0 Å². The van der Waals surface area contributed by atoms with E-state index in [1.165, 1.54) is 0 Å². The lowest BCUT2D eigenvalue weighted by Crippen LogP contribution is -2.38. The van der Waals surface area contributed by atoms with Crippen LogP contribution in [0.4, 0.5) is 0 Å². The van der Waals surface area contributed by atoms with Crippen LogP contribution in [0.25, 0.3) is 0 Å². The number of thioether (sulfide) groups is 1. The van der Waals surface area contributed by atoms with E-state index in [1.54, 1.807) is 18.9 Å². The van der Waals surface area contributed by atoms with Gasteiger partial charge in [0.25, 0.3) is 0 Å². The fourth-order valence-electron chi connectivity index (χ4n) is 2.11. The quantitative estimate of drug-likeness (QED) is 0.684. The third kappa shape index (κ3) is 5.27. The summed E-state index contributed by atoms with van der Waals surface area (Å²) in [7, 11) is 1.69. The molecule has 0 unspecified atom stereocenters. The molecule has 0 heterocycles. The summed E-state index contributed by atoms with van der Waals surface area (Å²) in [5.74, 6) is 0.718. The highest BCUT2D eigenvalue weighted by atomic mass is 32.2. The smallest absolute Gasteiger partial charge is 0.306 e. The molecule has 4 nitrogen and oxygen atoms in total. The topological polar surface area (TPSA) is 66.8 Å². The molecule has 0 aromatic rings. The molecule has 17 heavy (non-hydrogen) atoms. The van der Waals surface area contributed by atoms with Gasteiger partial charge in [0.1, 0.15) is 0 Å². The molecule has 0 aliphatic heterocycles. The molecule has 0 amide bonds. The minimum absolute atomic E-state index is 0.256. The first-order valence-corrected chi connectivity index (χ1v) is 7.25. The van der Waals surface area contributed by atoms with Crippen molar-refractivity contribution in [2.75, 3.05) is 25.2 Å². The number of aliphatic carboxylic acids is 1. The van der Waals surface area contributed by atoms with Crippen molar-refractivity contribution < 1.29 is 19.7 Å². The Morgan fingerprint density at radius 3 is 2.65 bits per heavy atom. The average molecular weight is 262 g/mol. The van der Waals surface area contributed by atoms with Gasteiger partial charge in [0.2, 0.25) is 0 Å². The second-order valence-electron chi connectivity index (χ2n) is 4.74. The molecule has 1 rings (SSSR count). The number of aliphatic hydroxyl groups is 1. The van der Waals surface area contributed by atoms with Crippen LogP contribution in [0.1, 0.15) is 32.1 Å². The standard InChI is InChI=1S/C12H22O4S/c1-16-7-2-8-17-9-12(15)5-3-10(4-6-12)11(13)14/h10,15H,2-9H2,1H3,(H,13,14). The van der Waals surface area contributed by atoms with Crippen LogP contribution in [0, 0.1) is 5.92 Å². The highest BCUT2D eigenvalue weighted by Gasteiger charge is 2.35. The van der Waals surface area contributed by atoms with Crippen LogP contribution in [0.15, 0.2) is 0 Å². The Morgan fingerprint density at radius 1 is 1.47 bits per heavy atom. The first-order chi connectivity index (χ1) is 8.07. The zero-order valence-electron chi connectivity index (χ0n) is 10.4. The summed E-state index contributed by atoms with van der Waals surface area (Å²) in [6.45, 7) is 0.756. The van der Waals surface area contributed by atoms with E-state index in [9.17, 15) is 9.90 Å². The largest absolute Gasteiger partial charge is 0.481 e. The maximum atomic E-state index is 10.8. The van der Waals surface area contributed by atoms with Crippen LogP contribution in [0.5, 0.6) is 0 Å². The van der Waals surface area contributed by atoms with E-state index in [-0.39, 0.29) is 5.92 Å². The zero-order valence-corrected chi connectivity index (χ0v) is 11.2. The Kier molecular flexibility index (Phi) is 6.30. The first-order valence-electron chi connectivity index (χ1n) is 6.09. The normalized spacial score (nSPS) is 29.2. The summed E-state index contributed by atoms with van der Waals surface area (Å²) in [5, 5.41) is 19.2. The highest BCUT2D eigenvalue weighted by Crippen LogP contribution is 2.34. The number of carbonyl (C=O) groups is 1. The maximum absolute atomic E-state index is 10.8. The summed E-state index contributed by atoms with van der Waals surface area (Å²) < 4.78 is 4.96. The van der Waals surface area contributed by atoms with Gasteiger partial charge in [0, 0.05) is 19.5 Å². The Labute approximate surface area is 107 Å².